The number of fused-ring (bicyclic) bond motifs is 1. The molecule has 0 spiro atoms. The largest absolute Gasteiger partial charge is 0.493 e. The number of benzene rings is 2. The molecule has 1 aliphatic heterocycles. The maximum atomic E-state index is 11.2. The Bertz CT molecular complexity index is 820. The first-order valence-corrected chi connectivity index (χ1v) is 8.74. The molecule has 0 aromatic heterocycles. The average Bonchev–Trinajstić information content (AvgIpc) is 2.62. The van der Waals surface area contributed by atoms with E-state index in [1.54, 1.807) is 18.2 Å². The quantitative estimate of drug-likeness (QED) is 0.531. The van der Waals surface area contributed by atoms with Crippen LogP contribution in [0.4, 0.5) is 5.69 Å². The average molecular weight is 356 g/mol. The van der Waals surface area contributed by atoms with Crippen molar-refractivity contribution in [1.29, 1.82) is 0 Å². The van der Waals surface area contributed by atoms with Crippen LogP contribution in [-0.4, -0.2) is 23.5 Å². The molecule has 130 valence electrons. The number of aliphatic imine (C=N–C) groups is 1. The van der Waals surface area contributed by atoms with Crippen molar-refractivity contribution in [2.24, 2.45) is 4.99 Å². The van der Waals surface area contributed by atoms with Crippen molar-refractivity contribution in [2.75, 3.05) is 11.9 Å². The first kappa shape index (κ1) is 17.4. The van der Waals surface area contributed by atoms with Gasteiger partial charge in [0.2, 0.25) is 0 Å². The number of carboxylic acids is 1. The van der Waals surface area contributed by atoms with E-state index in [1.165, 1.54) is 0 Å². The highest BCUT2D eigenvalue weighted by molar-refractivity contribution is 7.80. The van der Waals surface area contributed by atoms with Crippen LogP contribution in [0.2, 0.25) is 0 Å². The number of anilines is 1. The van der Waals surface area contributed by atoms with Gasteiger partial charge >= 0.3 is 5.97 Å². The Kier molecular flexibility index (Phi) is 5.28. The molecule has 1 atom stereocenters. The van der Waals surface area contributed by atoms with Gasteiger partial charge in [-0.1, -0.05) is 25.5 Å². The lowest BCUT2D eigenvalue weighted by atomic mass is 10.1. The molecule has 25 heavy (non-hydrogen) atoms. The van der Waals surface area contributed by atoms with E-state index in [9.17, 15) is 4.79 Å². The summed E-state index contributed by atoms with van der Waals surface area (Å²) in [7, 11) is 0. The number of unbranched alkanes of at least 4 members (excludes halogenated alkanes) is 1. The zero-order valence-corrected chi connectivity index (χ0v) is 14.8. The second kappa shape index (κ2) is 7.61. The minimum absolute atomic E-state index is 0.224. The van der Waals surface area contributed by atoms with E-state index in [-0.39, 0.29) is 5.56 Å². The highest BCUT2D eigenvalue weighted by Crippen LogP contribution is 2.35. The van der Waals surface area contributed by atoms with Crippen LogP contribution < -0.4 is 10.1 Å². The number of nitrogens with one attached hydrogen (secondary N) is 1. The van der Waals surface area contributed by atoms with Crippen LogP contribution in [0.25, 0.3) is 0 Å². The molecule has 1 heterocycles. The van der Waals surface area contributed by atoms with E-state index in [4.69, 9.17) is 9.84 Å². The molecule has 0 amide bonds. The van der Waals surface area contributed by atoms with Crippen molar-refractivity contribution in [3.8, 4) is 5.75 Å². The molecule has 2 aromatic carbocycles. The molecule has 1 unspecified atom stereocenters. The standard InChI is InChI=1S/C19H20N2O3S/c1-2-3-10-24-16-7-5-4-6-13(16)17-20-15-9-8-12(19(22)23)11-14(15)18(25)21-17/h4-9,11,18,25H,2-3,10H2,1H3,(H,20,21)(H,22,23). The van der Waals surface area contributed by atoms with Crippen LogP contribution in [-0.2, 0) is 0 Å². The monoisotopic (exact) mass is 356 g/mol. The summed E-state index contributed by atoms with van der Waals surface area (Å²) in [6, 6.07) is 12.7. The van der Waals surface area contributed by atoms with Crippen LogP contribution in [0.1, 0.15) is 46.6 Å². The van der Waals surface area contributed by atoms with Gasteiger partial charge in [-0.2, -0.15) is 0 Å². The molecule has 0 saturated carbocycles. The SMILES string of the molecule is CCCCOc1ccccc1C1=NC(S)c2cc(C(=O)O)ccc2N1. The third-order valence-corrected chi connectivity index (χ3v) is 4.37. The number of hydrogen-bond acceptors (Lipinski definition) is 5. The number of hydrogen-bond donors (Lipinski definition) is 3. The highest BCUT2D eigenvalue weighted by atomic mass is 32.1. The van der Waals surface area contributed by atoms with Crippen LogP contribution in [0, 0.1) is 0 Å². The van der Waals surface area contributed by atoms with Gasteiger partial charge in [-0.05, 0) is 36.8 Å². The Morgan fingerprint density at radius 1 is 1.32 bits per heavy atom. The van der Waals surface area contributed by atoms with Gasteiger partial charge in [0.1, 0.15) is 17.0 Å². The van der Waals surface area contributed by atoms with Crippen molar-refractivity contribution >= 4 is 30.1 Å². The minimum atomic E-state index is -0.965. The lowest BCUT2D eigenvalue weighted by molar-refractivity contribution is 0.0697. The van der Waals surface area contributed by atoms with Gasteiger partial charge in [-0.3, -0.25) is 0 Å². The van der Waals surface area contributed by atoms with Gasteiger partial charge in [0.15, 0.2) is 0 Å². The van der Waals surface area contributed by atoms with Crippen LogP contribution >= 0.6 is 12.6 Å². The molecule has 0 aliphatic carbocycles. The van der Waals surface area contributed by atoms with Gasteiger partial charge < -0.3 is 15.2 Å². The number of thiol groups is 1. The minimum Gasteiger partial charge on any atom is -0.493 e. The molecule has 6 heteroatoms. The molecule has 1 aliphatic rings. The zero-order valence-electron chi connectivity index (χ0n) is 13.9. The fraction of sp³-hybridized carbons (Fsp3) is 0.263. The van der Waals surface area contributed by atoms with Crippen molar-refractivity contribution in [2.45, 2.75) is 25.1 Å². The van der Waals surface area contributed by atoms with E-state index in [0.29, 0.717) is 12.4 Å². The molecule has 0 bridgehead atoms. The van der Waals surface area contributed by atoms with Gasteiger partial charge in [0.05, 0.1) is 17.7 Å². The fourth-order valence-electron chi connectivity index (χ4n) is 2.63. The highest BCUT2D eigenvalue weighted by Gasteiger charge is 2.22. The summed E-state index contributed by atoms with van der Waals surface area (Å²) in [4.78, 5) is 15.7. The van der Waals surface area contributed by atoms with Crippen molar-refractivity contribution < 1.29 is 14.6 Å². The Morgan fingerprint density at radius 3 is 2.88 bits per heavy atom. The number of nitrogens with zero attached hydrogens (tertiary/aromatic N) is 1. The van der Waals surface area contributed by atoms with Gasteiger partial charge in [0, 0.05) is 11.3 Å². The molecule has 0 radical (unpaired) electrons. The number of ether oxygens (including phenoxy) is 1. The van der Waals surface area contributed by atoms with E-state index < -0.39 is 11.3 Å². The number of carboxylic acid groups (broad SMARTS) is 1. The second-order valence-corrected chi connectivity index (χ2v) is 6.27. The number of aromatic carboxylic acids is 1. The third-order valence-electron chi connectivity index (χ3n) is 3.98. The molecule has 2 N–H and O–H groups in total. The molecule has 0 saturated heterocycles. The number of rotatable bonds is 6. The summed E-state index contributed by atoms with van der Waals surface area (Å²) in [6.07, 6.45) is 2.06. The first-order valence-electron chi connectivity index (χ1n) is 8.22. The molecule has 0 fully saturated rings. The van der Waals surface area contributed by atoms with E-state index in [0.717, 1.165) is 35.4 Å². The van der Waals surface area contributed by atoms with Crippen molar-refractivity contribution in [1.82, 2.24) is 0 Å². The number of amidine groups is 1. The number of para-hydroxylation sites is 1. The Hall–Kier alpha value is -2.47. The summed E-state index contributed by atoms with van der Waals surface area (Å²) in [5.74, 6) is 0.476. The Morgan fingerprint density at radius 2 is 2.12 bits per heavy atom. The lowest BCUT2D eigenvalue weighted by Crippen LogP contribution is -2.21. The Balaban J connectivity index is 1.90. The molecular weight excluding hydrogens is 336 g/mol. The smallest absolute Gasteiger partial charge is 0.335 e. The fourth-order valence-corrected chi connectivity index (χ4v) is 2.96. The predicted molar refractivity (Wildman–Crippen MR) is 102 cm³/mol. The second-order valence-electron chi connectivity index (χ2n) is 5.78. The summed E-state index contributed by atoms with van der Waals surface area (Å²) in [5, 5.41) is 12.0. The molecule has 3 rings (SSSR count). The van der Waals surface area contributed by atoms with Crippen LogP contribution in [0.5, 0.6) is 5.75 Å². The van der Waals surface area contributed by atoms with Crippen molar-refractivity contribution in [3.05, 3.63) is 59.2 Å². The number of carbonyl (C=O) groups is 1. The lowest BCUT2D eigenvalue weighted by Gasteiger charge is -2.24. The Labute approximate surface area is 152 Å². The summed E-state index contributed by atoms with van der Waals surface area (Å²) in [5.41, 5.74) is 2.64. The third kappa shape index (κ3) is 3.79. The van der Waals surface area contributed by atoms with Crippen molar-refractivity contribution in [3.63, 3.8) is 0 Å². The van der Waals surface area contributed by atoms with E-state index in [1.807, 2.05) is 24.3 Å². The maximum Gasteiger partial charge on any atom is 0.335 e. The first-order chi connectivity index (χ1) is 12.1. The predicted octanol–water partition coefficient (Wildman–Crippen LogP) is 4.36. The van der Waals surface area contributed by atoms with Crippen LogP contribution in [0.3, 0.4) is 0 Å². The van der Waals surface area contributed by atoms with E-state index in [2.05, 4.69) is 29.9 Å². The molecule has 5 nitrogen and oxygen atoms in total. The molecule has 2 aromatic rings. The van der Waals surface area contributed by atoms with Gasteiger partial charge in [-0.25, -0.2) is 9.79 Å². The summed E-state index contributed by atoms with van der Waals surface area (Å²) >= 11 is 4.52. The maximum absolute atomic E-state index is 11.2. The van der Waals surface area contributed by atoms with Gasteiger partial charge in [-0.15, -0.1) is 12.6 Å². The zero-order chi connectivity index (χ0) is 17.8. The van der Waals surface area contributed by atoms with Crippen LogP contribution in [0.15, 0.2) is 47.5 Å². The topological polar surface area (TPSA) is 70.9 Å². The normalized spacial score (nSPS) is 15.8. The summed E-state index contributed by atoms with van der Waals surface area (Å²) in [6.45, 7) is 2.78. The summed E-state index contributed by atoms with van der Waals surface area (Å²) < 4.78 is 5.88. The van der Waals surface area contributed by atoms with Gasteiger partial charge in [0.25, 0.3) is 0 Å². The van der Waals surface area contributed by atoms with E-state index >= 15 is 0 Å². The molecular formula is C19H20N2O3S.